The van der Waals surface area contributed by atoms with Crippen molar-refractivity contribution in [3.05, 3.63) is 24.3 Å². The van der Waals surface area contributed by atoms with Gasteiger partial charge in [0, 0.05) is 23.4 Å². The van der Waals surface area contributed by atoms with Crippen LogP contribution in [0.2, 0.25) is 0 Å². The zero-order valence-electron chi connectivity index (χ0n) is 11.2. The maximum Gasteiger partial charge on any atom is 0.132 e. The molecule has 1 aromatic carbocycles. The molecule has 3 heteroatoms. The molecule has 0 aliphatic rings. The van der Waals surface area contributed by atoms with Crippen LogP contribution in [0.5, 0.6) is 5.75 Å². The molecule has 0 fully saturated rings. The molecule has 1 atom stereocenters. The summed E-state index contributed by atoms with van der Waals surface area (Å²) in [5, 5.41) is 3.42. The van der Waals surface area contributed by atoms with E-state index in [0.717, 1.165) is 18.9 Å². The Labute approximate surface area is 109 Å². The predicted molar refractivity (Wildman–Crippen MR) is 76.0 cm³/mol. The Bertz CT molecular complexity index is 328. The predicted octanol–water partition coefficient (Wildman–Crippen LogP) is 3.42. The van der Waals surface area contributed by atoms with Crippen LogP contribution in [0.25, 0.3) is 0 Å². The van der Waals surface area contributed by atoms with E-state index in [4.69, 9.17) is 4.74 Å². The maximum absolute atomic E-state index is 5.86. The highest BCUT2D eigenvalue weighted by atomic mass is 32.2. The van der Waals surface area contributed by atoms with Gasteiger partial charge in [-0.05, 0) is 18.4 Å². The Kier molecular flexibility index (Phi) is 6.45. The summed E-state index contributed by atoms with van der Waals surface area (Å²) in [6.07, 6.45) is 2.08. The van der Waals surface area contributed by atoms with E-state index in [1.165, 1.54) is 4.90 Å². The van der Waals surface area contributed by atoms with Crippen molar-refractivity contribution in [1.29, 1.82) is 0 Å². The lowest BCUT2D eigenvalue weighted by Crippen LogP contribution is -2.30. The first kappa shape index (κ1) is 14.4. The van der Waals surface area contributed by atoms with Gasteiger partial charge in [0.25, 0.3) is 0 Å². The van der Waals surface area contributed by atoms with Crippen LogP contribution in [0.4, 0.5) is 0 Å². The second-order valence-corrected chi connectivity index (χ2v) is 5.48. The highest BCUT2D eigenvalue weighted by Gasteiger charge is 2.06. The van der Waals surface area contributed by atoms with Crippen molar-refractivity contribution >= 4 is 11.8 Å². The molecule has 1 unspecified atom stereocenters. The summed E-state index contributed by atoms with van der Waals surface area (Å²) >= 11 is 1.72. The van der Waals surface area contributed by atoms with Gasteiger partial charge in [-0.3, -0.25) is 0 Å². The van der Waals surface area contributed by atoms with Gasteiger partial charge in [-0.25, -0.2) is 0 Å². The van der Waals surface area contributed by atoms with Crippen LogP contribution in [-0.2, 0) is 0 Å². The fraction of sp³-hybridized carbons (Fsp3) is 0.571. The molecule has 1 aromatic rings. The fourth-order valence-electron chi connectivity index (χ4n) is 1.47. The lowest BCUT2D eigenvalue weighted by Gasteiger charge is -2.16. The Hall–Kier alpha value is -0.670. The third-order valence-electron chi connectivity index (χ3n) is 2.47. The molecule has 0 saturated heterocycles. The van der Waals surface area contributed by atoms with E-state index < -0.39 is 0 Å². The first-order chi connectivity index (χ1) is 8.13. The minimum atomic E-state index is 0.521. The molecule has 0 saturated carbocycles. The molecule has 17 heavy (non-hydrogen) atoms. The van der Waals surface area contributed by atoms with Crippen LogP contribution in [0, 0.1) is 5.92 Å². The molecular formula is C14H23NOS. The Morgan fingerprint density at radius 2 is 1.94 bits per heavy atom. The monoisotopic (exact) mass is 253 g/mol. The van der Waals surface area contributed by atoms with Crippen molar-refractivity contribution in [2.75, 3.05) is 19.4 Å². The van der Waals surface area contributed by atoms with E-state index in [0.29, 0.717) is 12.0 Å². The Morgan fingerprint density at radius 1 is 1.24 bits per heavy atom. The van der Waals surface area contributed by atoms with Crippen LogP contribution in [0.15, 0.2) is 29.2 Å². The van der Waals surface area contributed by atoms with Gasteiger partial charge in [-0.2, -0.15) is 0 Å². The summed E-state index contributed by atoms with van der Waals surface area (Å²) in [6, 6.07) is 8.73. The van der Waals surface area contributed by atoms with Gasteiger partial charge in [0.05, 0.1) is 6.61 Å². The average molecular weight is 253 g/mol. The molecule has 0 heterocycles. The van der Waals surface area contributed by atoms with E-state index in [1.54, 1.807) is 11.8 Å². The van der Waals surface area contributed by atoms with Crippen LogP contribution in [-0.4, -0.2) is 25.4 Å². The Balaban J connectivity index is 2.39. The molecule has 0 aliphatic carbocycles. The third kappa shape index (κ3) is 5.46. The summed E-state index contributed by atoms with van der Waals surface area (Å²) in [5.41, 5.74) is 0. The van der Waals surface area contributed by atoms with Crippen molar-refractivity contribution in [2.24, 2.45) is 5.92 Å². The number of hydrogen-bond donors (Lipinski definition) is 1. The molecule has 0 aliphatic heterocycles. The zero-order chi connectivity index (χ0) is 12.7. The van der Waals surface area contributed by atoms with Gasteiger partial charge in [-0.1, -0.05) is 32.9 Å². The summed E-state index contributed by atoms with van der Waals surface area (Å²) in [5.74, 6) is 1.52. The van der Waals surface area contributed by atoms with Crippen molar-refractivity contribution < 1.29 is 4.74 Å². The largest absolute Gasteiger partial charge is 0.492 e. The van der Waals surface area contributed by atoms with Crippen LogP contribution in [0.1, 0.15) is 20.8 Å². The molecule has 0 spiro atoms. The van der Waals surface area contributed by atoms with E-state index in [1.807, 2.05) is 18.2 Å². The maximum atomic E-state index is 5.86. The van der Waals surface area contributed by atoms with Crippen molar-refractivity contribution in [1.82, 2.24) is 5.32 Å². The lowest BCUT2D eigenvalue weighted by molar-refractivity contribution is 0.248. The summed E-state index contributed by atoms with van der Waals surface area (Å²) in [4.78, 5) is 1.21. The first-order valence-corrected chi connectivity index (χ1v) is 7.35. The van der Waals surface area contributed by atoms with Crippen molar-refractivity contribution in [3.8, 4) is 5.75 Å². The lowest BCUT2D eigenvalue weighted by atomic mass is 10.2. The highest BCUT2D eigenvalue weighted by Crippen LogP contribution is 2.27. The van der Waals surface area contributed by atoms with E-state index in [-0.39, 0.29) is 0 Å². The number of hydrogen-bond acceptors (Lipinski definition) is 3. The normalized spacial score (nSPS) is 12.8. The molecule has 1 N–H and O–H groups in total. The second-order valence-electron chi connectivity index (χ2n) is 4.63. The summed E-state index contributed by atoms with van der Waals surface area (Å²) < 4.78 is 5.86. The number of benzene rings is 1. The second kappa shape index (κ2) is 7.62. The minimum absolute atomic E-state index is 0.521. The highest BCUT2D eigenvalue weighted by molar-refractivity contribution is 7.98. The molecule has 2 nitrogen and oxygen atoms in total. The smallest absolute Gasteiger partial charge is 0.132 e. The van der Waals surface area contributed by atoms with E-state index >= 15 is 0 Å². The number of para-hydroxylation sites is 1. The molecule has 0 amide bonds. The molecule has 0 aromatic heterocycles. The van der Waals surface area contributed by atoms with Crippen LogP contribution >= 0.6 is 11.8 Å². The molecule has 1 rings (SSSR count). The van der Waals surface area contributed by atoms with Crippen LogP contribution in [0.3, 0.4) is 0 Å². The Morgan fingerprint density at radius 3 is 2.59 bits per heavy atom. The quantitative estimate of drug-likeness (QED) is 0.752. The van der Waals surface area contributed by atoms with Crippen molar-refractivity contribution in [2.45, 2.75) is 31.7 Å². The minimum Gasteiger partial charge on any atom is -0.492 e. The van der Waals surface area contributed by atoms with Crippen LogP contribution < -0.4 is 10.1 Å². The van der Waals surface area contributed by atoms with Gasteiger partial charge in [0.2, 0.25) is 0 Å². The molecule has 0 bridgehead atoms. The van der Waals surface area contributed by atoms with Gasteiger partial charge in [0.15, 0.2) is 0 Å². The number of nitrogens with one attached hydrogen (secondary N) is 1. The van der Waals surface area contributed by atoms with Crippen molar-refractivity contribution in [3.63, 3.8) is 0 Å². The molecule has 96 valence electrons. The van der Waals surface area contributed by atoms with Gasteiger partial charge in [-0.15, -0.1) is 11.8 Å². The third-order valence-corrected chi connectivity index (χ3v) is 3.24. The first-order valence-electron chi connectivity index (χ1n) is 6.12. The van der Waals surface area contributed by atoms with E-state index in [2.05, 4.69) is 38.4 Å². The zero-order valence-corrected chi connectivity index (χ0v) is 12.0. The topological polar surface area (TPSA) is 21.3 Å². The fourth-order valence-corrected chi connectivity index (χ4v) is 2.01. The summed E-state index contributed by atoms with van der Waals surface area (Å²) in [7, 11) is 0. The number of ether oxygens (including phenoxy) is 1. The number of rotatable bonds is 7. The molecule has 0 radical (unpaired) electrons. The van der Waals surface area contributed by atoms with Gasteiger partial charge in [0.1, 0.15) is 5.75 Å². The van der Waals surface area contributed by atoms with Gasteiger partial charge < -0.3 is 10.1 Å². The SMILES string of the molecule is CSc1ccccc1OCC(C)CNC(C)C. The van der Waals surface area contributed by atoms with Gasteiger partial charge >= 0.3 is 0 Å². The standard InChI is InChI=1S/C14H23NOS/c1-11(2)15-9-12(3)10-16-13-7-5-6-8-14(13)17-4/h5-8,11-12,15H,9-10H2,1-4H3. The van der Waals surface area contributed by atoms with E-state index in [9.17, 15) is 0 Å². The molecular weight excluding hydrogens is 230 g/mol. The summed E-state index contributed by atoms with van der Waals surface area (Å²) in [6.45, 7) is 8.29. The average Bonchev–Trinajstić information content (AvgIpc) is 2.34. The number of thioether (sulfide) groups is 1.